The Bertz CT molecular complexity index is 874. The summed E-state index contributed by atoms with van der Waals surface area (Å²) in [6.07, 6.45) is 8.82. The minimum atomic E-state index is -0.491. The van der Waals surface area contributed by atoms with E-state index in [1.807, 2.05) is 7.05 Å². The molecule has 2 amide bonds. The van der Waals surface area contributed by atoms with Gasteiger partial charge >= 0.3 is 0 Å². The fraction of sp³-hybridized carbons (Fsp3) is 0.381. The van der Waals surface area contributed by atoms with Gasteiger partial charge in [-0.05, 0) is 31.1 Å². The lowest BCUT2D eigenvalue weighted by Gasteiger charge is -2.30. The van der Waals surface area contributed by atoms with Gasteiger partial charge in [0, 0.05) is 31.5 Å². The Morgan fingerprint density at radius 1 is 1.21 bits per heavy atom. The van der Waals surface area contributed by atoms with Gasteiger partial charge in [-0.25, -0.2) is 9.37 Å². The third-order valence-electron chi connectivity index (χ3n) is 4.98. The van der Waals surface area contributed by atoms with Crippen LogP contribution in [0.15, 0.2) is 35.7 Å². The minimum absolute atomic E-state index is 0.0565. The highest BCUT2D eigenvalue weighted by Crippen LogP contribution is 2.31. The predicted molar refractivity (Wildman–Crippen MR) is 110 cm³/mol. The zero-order valence-electron chi connectivity index (χ0n) is 16.1. The molecule has 1 aromatic carbocycles. The Hall–Kier alpha value is -2.54. The summed E-state index contributed by atoms with van der Waals surface area (Å²) in [6, 6.07) is 6.38. The van der Waals surface area contributed by atoms with E-state index in [9.17, 15) is 14.0 Å². The van der Waals surface area contributed by atoms with Crippen molar-refractivity contribution in [1.29, 1.82) is 0 Å². The quantitative estimate of drug-likeness (QED) is 0.678. The highest BCUT2D eigenvalue weighted by molar-refractivity contribution is 7.14. The molecule has 0 atom stereocenters. The number of carbonyl (C=O) groups excluding carboxylic acids is 2. The Morgan fingerprint density at radius 2 is 1.93 bits per heavy atom. The van der Waals surface area contributed by atoms with Crippen LogP contribution in [0.4, 0.5) is 15.2 Å². The average molecular weight is 402 g/mol. The van der Waals surface area contributed by atoms with Crippen LogP contribution in [0.25, 0.3) is 6.08 Å². The molecule has 5 nitrogen and oxygen atoms in total. The molecule has 1 aromatic heterocycles. The van der Waals surface area contributed by atoms with Crippen molar-refractivity contribution in [1.82, 2.24) is 9.88 Å². The lowest BCUT2D eigenvalue weighted by atomic mass is 9.94. The van der Waals surface area contributed by atoms with E-state index in [1.165, 1.54) is 60.6 Å². The molecule has 0 aliphatic heterocycles. The molecule has 1 saturated carbocycles. The number of carbonyl (C=O) groups is 2. The molecule has 7 heteroatoms. The van der Waals surface area contributed by atoms with E-state index >= 15 is 0 Å². The summed E-state index contributed by atoms with van der Waals surface area (Å²) in [7, 11) is 1.84. The van der Waals surface area contributed by atoms with Crippen LogP contribution in [-0.2, 0) is 9.59 Å². The molecule has 0 unspecified atom stereocenters. The number of amides is 2. The second kappa shape index (κ2) is 9.10. The molecule has 1 aliphatic carbocycles. The Morgan fingerprint density at radius 3 is 2.61 bits per heavy atom. The van der Waals surface area contributed by atoms with E-state index in [-0.39, 0.29) is 17.5 Å². The third kappa shape index (κ3) is 4.65. The van der Waals surface area contributed by atoms with Crippen molar-refractivity contribution in [3.8, 4) is 0 Å². The van der Waals surface area contributed by atoms with Gasteiger partial charge in [0.25, 0.3) is 0 Å². The molecule has 148 valence electrons. The number of para-hydroxylation sites is 1. The van der Waals surface area contributed by atoms with Gasteiger partial charge in [0.1, 0.15) is 5.82 Å². The number of rotatable bonds is 5. The van der Waals surface area contributed by atoms with Crippen LogP contribution >= 0.6 is 11.3 Å². The number of aromatic nitrogens is 1. The summed E-state index contributed by atoms with van der Waals surface area (Å²) >= 11 is 1.23. The number of nitrogens with zero attached hydrogens (tertiary/aromatic N) is 3. The summed E-state index contributed by atoms with van der Waals surface area (Å²) in [5.41, 5.74) is 0.723. The van der Waals surface area contributed by atoms with E-state index in [4.69, 9.17) is 0 Å². The van der Waals surface area contributed by atoms with E-state index < -0.39 is 5.82 Å². The van der Waals surface area contributed by atoms with Crippen molar-refractivity contribution < 1.29 is 14.0 Å². The monoisotopic (exact) mass is 401 g/mol. The van der Waals surface area contributed by atoms with Gasteiger partial charge in [-0.15, -0.1) is 11.3 Å². The second-order valence-corrected chi connectivity index (χ2v) is 7.77. The van der Waals surface area contributed by atoms with Crippen LogP contribution in [0, 0.1) is 5.82 Å². The van der Waals surface area contributed by atoms with Gasteiger partial charge in [0.2, 0.25) is 11.8 Å². The Balaban J connectivity index is 1.73. The maximum absolute atomic E-state index is 14.1. The summed E-state index contributed by atoms with van der Waals surface area (Å²) in [5, 5.41) is 2.11. The van der Waals surface area contributed by atoms with Crippen LogP contribution in [0.1, 0.15) is 44.7 Å². The lowest BCUT2D eigenvalue weighted by Crippen LogP contribution is -2.37. The molecule has 1 aliphatic rings. The number of thiazole rings is 1. The van der Waals surface area contributed by atoms with Crippen molar-refractivity contribution >= 4 is 40.0 Å². The first-order valence-electron chi connectivity index (χ1n) is 9.43. The van der Waals surface area contributed by atoms with E-state index in [0.717, 1.165) is 12.8 Å². The van der Waals surface area contributed by atoms with Crippen molar-refractivity contribution in [2.24, 2.45) is 0 Å². The molecule has 0 radical (unpaired) electrons. The second-order valence-electron chi connectivity index (χ2n) is 6.94. The maximum Gasteiger partial charge on any atom is 0.246 e. The van der Waals surface area contributed by atoms with E-state index in [0.29, 0.717) is 16.9 Å². The molecule has 2 aromatic rings. The largest absolute Gasteiger partial charge is 0.339 e. The minimum Gasteiger partial charge on any atom is -0.339 e. The molecule has 28 heavy (non-hydrogen) atoms. The summed E-state index contributed by atoms with van der Waals surface area (Å²) < 4.78 is 14.1. The fourth-order valence-corrected chi connectivity index (χ4v) is 4.27. The Labute approximate surface area is 168 Å². The van der Waals surface area contributed by atoms with Crippen LogP contribution in [-0.4, -0.2) is 34.8 Å². The number of benzene rings is 1. The standard InChI is InChI=1S/C21H24FN3O2S/c1-15(26)25(19-11-7-6-10-18(19)22)21-23-16(14-28-21)12-13-20(27)24(2)17-8-4-3-5-9-17/h6-7,10-14,17H,3-5,8-9H2,1-2H3. The van der Waals surface area contributed by atoms with E-state index in [1.54, 1.807) is 28.5 Å². The lowest BCUT2D eigenvalue weighted by molar-refractivity contribution is -0.127. The third-order valence-corrected chi connectivity index (χ3v) is 5.82. The van der Waals surface area contributed by atoms with E-state index in [2.05, 4.69) is 4.98 Å². The van der Waals surface area contributed by atoms with Gasteiger partial charge in [0.05, 0.1) is 11.4 Å². The van der Waals surface area contributed by atoms with Crippen molar-refractivity contribution in [2.75, 3.05) is 11.9 Å². The first kappa shape index (κ1) is 20.2. The topological polar surface area (TPSA) is 53.5 Å². The molecular formula is C21H24FN3O2S. The van der Waals surface area contributed by atoms with Gasteiger partial charge < -0.3 is 4.90 Å². The zero-order valence-corrected chi connectivity index (χ0v) is 16.9. The molecule has 0 N–H and O–H groups in total. The molecule has 0 saturated heterocycles. The number of likely N-dealkylation sites (N-methyl/N-ethyl adjacent to an activating group) is 1. The first-order chi connectivity index (χ1) is 13.5. The van der Waals surface area contributed by atoms with Crippen LogP contribution in [0.3, 0.4) is 0 Å². The maximum atomic E-state index is 14.1. The smallest absolute Gasteiger partial charge is 0.246 e. The van der Waals surface area contributed by atoms with Gasteiger partial charge in [-0.1, -0.05) is 31.4 Å². The highest BCUT2D eigenvalue weighted by atomic mass is 32.1. The van der Waals surface area contributed by atoms with Gasteiger partial charge in [0.15, 0.2) is 5.13 Å². The molecule has 1 heterocycles. The van der Waals surface area contributed by atoms with Crippen LogP contribution in [0.2, 0.25) is 0 Å². The summed E-state index contributed by atoms with van der Waals surface area (Å²) in [6.45, 7) is 1.37. The van der Waals surface area contributed by atoms with Crippen LogP contribution in [0.5, 0.6) is 0 Å². The van der Waals surface area contributed by atoms with Gasteiger partial charge in [-0.2, -0.15) is 0 Å². The highest BCUT2D eigenvalue weighted by Gasteiger charge is 2.22. The molecule has 1 fully saturated rings. The van der Waals surface area contributed by atoms with Gasteiger partial charge in [-0.3, -0.25) is 14.5 Å². The van der Waals surface area contributed by atoms with Crippen molar-refractivity contribution in [3.05, 3.63) is 47.2 Å². The fourth-order valence-electron chi connectivity index (χ4n) is 3.42. The predicted octanol–water partition coefficient (Wildman–Crippen LogP) is 4.77. The summed E-state index contributed by atoms with van der Waals surface area (Å²) in [5.74, 6) is -0.878. The number of halogens is 1. The first-order valence-corrected chi connectivity index (χ1v) is 10.3. The zero-order chi connectivity index (χ0) is 20.1. The Kier molecular flexibility index (Phi) is 6.57. The normalized spacial score (nSPS) is 15.0. The molecule has 0 spiro atoms. The van der Waals surface area contributed by atoms with Crippen molar-refractivity contribution in [2.45, 2.75) is 45.1 Å². The number of hydrogen-bond donors (Lipinski definition) is 0. The molecule has 0 bridgehead atoms. The number of anilines is 2. The van der Waals surface area contributed by atoms with Crippen LogP contribution < -0.4 is 4.90 Å². The summed E-state index contributed by atoms with van der Waals surface area (Å²) in [4.78, 5) is 31.9. The average Bonchev–Trinajstić information content (AvgIpc) is 3.16. The van der Waals surface area contributed by atoms with Crippen molar-refractivity contribution in [3.63, 3.8) is 0 Å². The SMILES string of the molecule is CC(=O)N(c1nc(C=CC(=O)N(C)C2CCCCC2)cs1)c1ccccc1F. The number of hydrogen-bond acceptors (Lipinski definition) is 4. The molecular weight excluding hydrogens is 377 g/mol. The molecule has 3 rings (SSSR count).